The van der Waals surface area contributed by atoms with Gasteiger partial charge in [0, 0.05) is 0 Å². The molecule has 3 rings (SSSR count). The van der Waals surface area contributed by atoms with E-state index in [1.807, 2.05) is 0 Å². The number of anilines is 1. The van der Waals surface area contributed by atoms with E-state index in [0.717, 1.165) is 0 Å². The average molecular weight is 312 g/mol. The lowest BCUT2D eigenvalue weighted by Gasteiger charge is -2.14. The van der Waals surface area contributed by atoms with E-state index >= 15 is 0 Å². The first-order chi connectivity index (χ1) is 10.6. The van der Waals surface area contributed by atoms with E-state index in [-0.39, 0.29) is 23.0 Å². The fourth-order valence-corrected chi connectivity index (χ4v) is 2.28. The van der Waals surface area contributed by atoms with Gasteiger partial charge in [0.15, 0.2) is 23.2 Å². The maximum Gasteiger partial charge on any atom is 0.320 e. The Morgan fingerprint density at radius 1 is 1.32 bits per heavy atom. The third-order valence-corrected chi connectivity index (χ3v) is 3.36. The van der Waals surface area contributed by atoms with E-state index in [0.29, 0.717) is 6.61 Å². The van der Waals surface area contributed by atoms with Gasteiger partial charge in [-0.2, -0.15) is 14.6 Å². The molecule has 4 atom stereocenters. The third kappa shape index (κ3) is 2.23. The predicted molar refractivity (Wildman–Crippen MR) is 71.7 cm³/mol. The van der Waals surface area contributed by atoms with Gasteiger partial charge in [-0.05, 0) is 6.92 Å². The van der Waals surface area contributed by atoms with Crippen LogP contribution >= 0.6 is 0 Å². The van der Waals surface area contributed by atoms with Crippen molar-refractivity contribution in [1.82, 2.24) is 25.0 Å². The maximum absolute atomic E-state index is 10.1. The minimum absolute atomic E-state index is 0.0443. The van der Waals surface area contributed by atoms with Crippen molar-refractivity contribution in [3.8, 4) is 6.01 Å². The molecule has 11 heteroatoms. The van der Waals surface area contributed by atoms with Crippen molar-refractivity contribution in [2.45, 2.75) is 31.5 Å². The Labute approximate surface area is 124 Å². The number of nitrogens with zero attached hydrogens (tertiary/aromatic N) is 5. The monoisotopic (exact) mass is 312 g/mol. The summed E-state index contributed by atoms with van der Waals surface area (Å²) in [4.78, 5) is 8.06. The summed E-state index contributed by atoms with van der Waals surface area (Å²) in [7, 11) is 0. The van der Waals surface area contributed by atoms with Gasteiger partial charge in [0.05, 0.1) is 13.2 Å². The lowest BCUT2D eigenvalue weighted by atomic mass is 10.1. The van der Waals surface area contributed by atoms with Crippen LogP contribution in [-0.2, 0) is 4.74 Å². The van der Waals surface area contributed by atoms with Crippen LogP contribution in [0.1, 0.15) is 13.2 Å². The van der Waals surface area contributed by atoms with Crippen molar-refractivity contribution in [3.05, 3.63) is 0 Å². The molecule has 0 aromatic carbocycles. The van der Waals surface area contributed by atoms with Gasteiger partial charge in [0.1, 0.15) is 18.3 Å². The van der Waals surface area contributed by atoms with Crippen LogP contribution in [0.4, 0.5) is 5.82 Å². The van der Waals surface area contributed by atoms with Gasteiger partial charge >= 0.3 is 6.01 Å². The lowest BCUT2D eigenvalue weighted by Crippen LogP contribution is -2.33. The van der Waals surface area contributed by atoms with Gasteiger partial charge < -0.3 is 30.5 Å². The molecule has 1 aliphatic heterocycles. The smallest absolute Gasteiger partial charge is 0.320 e. The van der Waals surface area contributed by atoms with Crippen LogP contribution in [0, 0.1) is 0 Å². The van der Waals surface area contributed by atoms with Crippen LogP contribution in [0.15, 0.2) is 0 Å². The molecule has 5 N–H and O–H groups in total. The number of aliphatic hydroxyl groups excluding tert-OH is 3. The SMILES string of the molecule is CCOc1nc(N)c2nnn(C3OC(CO)C(O)C3O)c2n1. The van der Waals surface area contributed by atoms with Crippen molar-refractivity contribution >= 4 is 17.0 Å². The summed E-state index contributed by atoms with van der Waals surface area (Å²) in [5.41, 5.74) is 6.20. The fourth-order valence-electron chi connectivity index (χ4n) is 2.28. The van der Waals surface area contributed by atoms with Gasteiger partial charge in [-0.15, -0.1) is 5.10 Å². The largest absolute Gasteiger partial charge is 0.464 e. The summed E-state index contributed by atoms with van der Waals surface area (Å²) < 4.78 is 11.8. The fraction of sp³-hybridized carbons (Fsp3) is 0.636. The molecule has 11 nitrogen and oxygen atoms in total. The normalized spacial score (nSPS) is 28.4. The molecule has 0 saturated carbocycles. The molecule has 1 fully saturated rings. The average Bonchev–Trinajstić information content (AvgIpc) is 3.03. The van der Waals surface area contributed by atoms with Gasteiger partial charge in [-0.3, -0.25) is 0 Å². The van der Waals surface area contributed by atoms with Crippen molar-refractivity contribution in [3.63, 3.8) is 0 Å². The molecule has 0 radical (unpaired) electrons. The second-order valence-electron chi connectivity index (χ2n) is 4.76. The molecular weight excluding hydrogens is 296 g/mol. The zero-order valence-corrected chi connectivity index (χ0v) is 11.7. The molecule has 1 saturated heterocycles. The third-order valence-electron chi connectivity index (χ3n) is 3.36. The highest BCUT2D eigenvalue weighted by atomic mass is 16.6. The van der Waals surface area contributed by atoms with Crippen LogP contribution in [0.25, 0.3) is 11.2 Å². The molecule has 0 aliphatic carbocycles. The minimum Gasteiger partial charge on any atom is -0.464 e. The van der Waals surface area contributed by atoms with Crippen LogP contribution < -0.4 is 10.5 Å². The molecule has 0 spiro atoms. The highest BCUT2D eigenvalue weighted by molar-refractivity contribution is 5.81. The first-order valence-electron chi connectivity index (χ1n) is 6.70. The van der Waals surface area contributed by atoms with Gasteiger partial charge in [-0.1, -0.05) is 5.21 Å². The predicted octanol–water partition coefficient (Wildman–Crippen LogP) is -2.19. The lowest BCUT2D eigenvalue weighted by molar-refractivity contribution is -0.0575. The quantitative estimate of drug-likeness (QED) is 0.488. The molecular formula is C11H16N6O5. The van der Waals surface area contributed by atoms with Gasteiger partial charge in [0.25, 0.3) is 0 Å². The molecule has 2 aromatic rings. The van der Waals surface area contributed by atoms with E-state index in [4.69, 9.17) is 20.3 Å². The summed E-state index contributed by atoms with van der Waals surface area (Å²) in [5.74, 6) is 0.0754. The van der Waals surface area contributed by atoms with Gasteiger partial charge in [0.2, 0.25) is 0 Å². The van der Waals surface area contributed by atoms with Crippen molar-refractivity contribution in [2.24, 2.45) is 0 Å². The van der Waals surface area contributed by atoms with Crippen LogP contribution in [-0.4, -0.2) is 71.8 Å². The Hall–Kier alpha value is -2.08. The minimum atomic E-state index is -1.30. The Kier molecular flexibility index (Phi) is 3.78. The number of nitrogen functional groups attached to an aromatic ring is 1. The van der Waals surface area contributed by atoms with Crippen LogP contribution in [0.5, 0.6) is 6.01 Å². The van der Waals surface area contributed by atoms with Gasteiger partial charge in [-0.25, -0.2) is 0 Å². The van der Waals surface area contributed by atoms with Crippen molar-refractivity contribution in [1.29, 1.82) is 0 Å². The number of aromatic nitrogens is 5. The van der Waals surface area contributed by atoms with Crippen molar-refractivity contribution in [2.75, 3.05) is 18.9 Å². The topological polar surface area (TPSA) is 162 Å². The molecule has 120 valence electrons. The molecule has 0 amide bonds. The number of hydrogen-bond donors (Lipinski definition) is 4. The van der Waals surface area contributed by atoms with Crippen molar-refractivity contribution < 1.29 is 24.8 Å². The maximum atomic E-state index is 10.1. The number of rotatable bonds is 4. The van der Waals surface area contributed by atoms with E-state index in [2.05, 4.69) is 20.3 Å². The highest BCUT2D eigenvalue weighted by Gasteiger charge is 2.44. The highest BCUT2D eigenvalue weighted by Crippen LogP contribution is 2.31. The molecule has 4 unspecified atom stereocenters. The number of hydrogen-bond acceptors (Lipinski definition) is 10. The zero-order chi connectivity index (χ0) is 15.9. The Bertz CT molecular complexity index is 678. The summed E-state index contributed by atoms with van der Waals surface area (Å²) in [5, 5.41) is 36.7. The standard InChI is InChI=1S/C11H16N6O5/c1-2-21-11-13-8(12)5-9(14-11)17(16-15-5)10-7(20)6(19)4(3-18)22-10/h4,6-7,10,18-20H,2-3H2,1H3,(H2,12,13,14). The van der Waals surface area contributed by atoms with Crippen LogP contribution in [0.2, 0.25) is 0 Å². The summed E-state index contributed by atoms with van der Waals surface area (Å²) in [6.45, 7) is 1.67. The first-order valence-corrected chi connectivity index (χ1v) is 6.70. The second-order valence-corrected chi connectivity index (χ2v) is 4.76. The summed E-state index contributed by atoms with van der Waals surface area (Å²) >= 11 is 0. The van der Waals surface area contributed by atoms with Crippen LogP contribution in [0.3, 0.4) is 0 Å². The molecule has 1 aliphatic rings. The first kappa shape index (κ1) is 14.8. The Morgan fingerprint density at radius 3 is 2.73 bits per heavy atom. The number of fused-ring (bicyclic) bond motifs is 1. The van der Waals surface area contributed by atoms with E-state index < -0.39 is 31.1 Å². The second kappa shape index (κ2) is 5.61. The molecule has 22 heavy (non-hydrogen) atoms. The van der Waals surface area contributed by atoms with E-state index in [9.17, 15) is 10.2 Å². The number of ether oxygens (including phenoxy) is 2. The summed E-state index contributed by atoms with van der Waals surface area (Å²) in [6, 6.07) is 0.0443. The number of nitrogens with two attached hydrogens (primary N) is 1. The molecule has 2 aromatic heterocycles. The molecule has 3 heterocycles. The number of aliphatic hydroxyl groups is 3. The zero-order valence-electron chi connectivity index (χ0n) is 11.7. The van der Waals surface area contributed by atoms with E-state index in [1.165, 1.54) is 4.68 Å². The Morgan fingerprint density at radius 2 is 2.09 bits per heavy atom. The van der Waals surface area contributed by atoms with E-state index in [1.54, 1.807) is 6.92 Å². The summed E-state index contributed by atoms with van der Waals surface area (Å²) in [6.07, 6.45) is -4.53. The Balaban J connectivity index is 2.04. The molecule has 0 bridgehead atoms.